The fourth-order valence-corrected chi connectivity index (χ4v) is 2.86. The monoisotopic (exact) mass is 342 g/mol. The van der Waals surface area contributed by atoms with E-state index in [-0.39, 0.29) is 18.3 Å². The third-order valence-corrected chi connectivity index (χ3v) is 4.24. The molecule has 0 saturated carbocycles. The number of aliphatic imine (C=N–C) groups is 1. The Labute approximate surface area is 140 Å². The first-order valence-corrected chi connectivity index (χ1v) is 8.01. The Kier molecular flexibility index (Phi) is 6.51. The van der Waals surface area contributed by atoms with Crippen molar-refractivity contribution >= 4 is 11.9 Å². The zero-order chi connectivity index (χ0) is 17.5. The first-order valence-electron chi connectivity index (χ1n) is 8.01. The van der Waals surface area contributed by atoms with Gasteiger partial charge < -0.3 is 15.5 Å². The van der Waals surface area contributed by atoms with E-state index in [1.165, 1.54) is 12.4 Å². The summed E-state index contributed by atoms with van der Waals surface area (Å²) < 4.78 is 26.5. The number of carbonyl (C=O) groups is 1. The number of nitrogens with zero attached hydrogens (tertiary/aromatic N) is 4. The van der Waals surface area contributed by atoms with E-state index in [4.69, 9.17) is 0 Å². The van der Waals surface area contributed by atoms with Crippen LogP contribution in [0.15, 0.2) is 17.4 Å². The SMILES string of the molecule is CN=C(NCc1nccn1C(F)F)N1CCC(CC(=O)NC)CC1. The molecule has 0 atom stereocenters. The molecule has 0 aliphatic carbocycles. The number of amides is 1. The molecule has 1 aromatic rings. The second-order valence-electron chi connectivity index (χ2n) is 5.74. The van der Waals surface area contributed by atoms with Crippen LogP contribution in [0.5, 0.6) is 0 Å². The number of guanidine groups is 1. The van der Waals surface area contributed by atoms with Crippen LogP contribution >= 0.6 is 0 Å². The zero-order valence-electron chi connectivity index (χ0n) is 14.0. The lowest BCUT2D eigenvalue weighted by atomic mass is 9.93. The Morgan fingerprint density at radius 1 is 1.46 bits per heavy atom. The molecular formula is C15H24F2N6O. The van der Waals surface area contributed by atoms with Gasteiger partial charge in [-0.15, -0.1) is 0 Å². The number of halogens is 2. The fraction of sp³-hybridized carbons (Fsp3) is 0.667. The second-order valence-corrected chi connectivity index (χ2v) is 5.74. The molecule has 0 aromatic carbocycles. The molecule has 24 heavy (non-hydrogen) atoms. The third-order valence-electron chi connectivity index (χ3n) is 4.24. The Balaban J connectivity index is 1.85. The van der Waals surface area contributed by atoms with Crippen LogP contribution in [0.4, 0.5) is 8.78 Å². The van der Waals surface area contributed by atoms with Crippen molar-refractivity contribution in [2.75, 3.05) is 27.2 Å². The highest BCUT2D eigenvalue weighted by Crippen LogP contribution is 2.20. The number of hydrogen-bond donors (Lipinski definition) is 2. The van der Waals surface area contributed by atoms with Crippen LogP contribution in [-0.4, -0.2) is 53.5 Å². The number of piperidine rings is 1. The number of rotatable bonds is 5. The summed E-state index contributed by atoms with van der Waals surface area (Å²) in [6, 6.07) is 0. The van der Waals surface area contributed by atoms with Crippen molar-refractivity contribution in [3.63, 3.8) is 0 Å². The van der Waals surface area contributed by atoms with E-state index in [2.05, 4.69) is 25.5 Å². The zero-order valence-corrected chi connectivity index (χ0v) is 14.0. The van der Waals surface area contributed by atoms with Crippen molar-refractivity contribution in [1.29, 1.82) is 0 Å². The van der Waals surface area contributed by atoms with E-state index in [0.29, 0.717) is 18.3 Å². The molecular weight excluding hydrogens is 318 g/mol. The lowest BCUT2D eigenvalue weighted by Crippen LogP contribution is -2.46. The van der Waals surface area contributed by atoms with Gasteiger partial charge in [-0.2, -0.15) is 8.78 Å². The first-order chi connectivity index (χ1) is 11.5. The van der Waals surface area contributed by atoms with E-state index >= 15 is 0 Å². The predicted molar refractivity (Wildman–Crippen MR) is 86.7 cm³/mol. The average molecular weight is 342 g/mol. The van der Waals surface area contributed by atoms with Crippen molar-refractivity contribution in [2.24, 2.45) is 10.9 Å². The van der Waals surface area contributed by atoms with Gasteiger partial charge in [0.15, 0.2) is 5.96 Å². The second kappa shape index (κ2) is 8.60. The molecule has 2 rings (SSSR count). The minimum Gasteiger partial charge on any atom is -0.359 e. The molecule has 1 aromatic heterocycles. The number of likely N-dealkylation sites (tertiary alicyclic amines) is 1. The average Bonchev–Trinajstić information content (AvgIpc) is 3.05. The standard InChI is InChI=1S/C15H24F2N6O/c1-18-13(24)9-11-3-6-22(7-4-11)15(19-2)21-10-12-20-5-8-23(12)14(16)17/h5,8,11,14H,3-4,6-7,9-10H2,1-2H3,(H,18,24)(H,19,21). The van der Waals surface area contributed by atoms with Crippen LogP contribution in [0, 0.1) is 5.92 Å². The van der Waals surface area contributed by atoms with Crippen molar-refractivity contribution in [3.8, 4) is 0 Å². The van der Waals surface area contributed by atoms with Crippen LogP contribution in [0.1, 0.15) is 31.6 Å². The van der Waals surface area contributed by atoms with Gasteiger partial charge in [-0.3, -0.25) is 14.4 Å². The molecule has 1 aliphatic heterocycles. The van der Waals surface area contributed by atoms with Gasteiger partial charge in [-0.05, 0) is 18.8 Å². The van der Waals surface area contributed by atoms with Crippen LogP contribution in [0.3, 0.4) is 0 Å². The molecule has 134 valence electrons. The first kappa shape index (κ1) is 18.2. The maximum atomic E-state index is 12.8. The number of aromatic nitrogens is 2. The van der Waals surface area contributed by atoms with E-state index in [1.807, 2.05) is 0 Å². The molecule has 1 saturated heterocycles. The summed E-state index contributed by atoms with van der Waals surface area (Å²) >= 11 is 0. The molecule has 1 aliphatic rings. The van der Waals surface area contributed by atoms with E-state index in [0.717, 1.165) is 30.5 Å². The van der Waals surface area contributed by atoms with E-state index < -0.39 is 6.55 Å². The Hall–Kier alpha value is -2.19. The molecule has 2 heterocycles. The number of carbonyl (C=O) groups excluding carboxylic acids is 1. The van der Waals surface area contributed by atoms with Gasteiger partial charge in [0.05, 0.1) is 6.54 Å². The number of alkyl halides is 2. The van der Waals surface area contributed by atoms with E-state index in [9.17, 15) is 13.6 Å². The van der Waals surface area contributed by atoms with Crippen molar-refractivity contribution in [3.05, 3.63) is 18.2 Å². The van der Waals surface area contributed by atoms with Crippen molar-refractivity contribution in [1.82, 2.24) is 25.1 Å². The maximum Gasteiger partial charge on any atom is 0.319 e. The number of nitrogens with one attached hydrogen (secondary N) is 2. The summed E-state index contributed by atoms with van der Waals surface area (Å²) in [5.74, 6) is 1.37. The van der Waals surface area contributed by atoms with Crippen LogP contribution in [0.25, 0.3) is 0 Å². The predicted octanol–water partition coefficient (Wildman–Crippen LogP) is 1.20. The fourth-order valence-electron chi connectivity index (χ4n) is 2.86. The summed E-state index contributed by atoms with van der Waals surface area (Å²) in [7, 11) is 3.31. The summed E-state index contributed by atoms with van der Waals surface area (Å²) in [4.78, 5) is 21.7. The van der Waals surface area contributed by atoms with Gasteiger partial charge in [0.25, 0.3) is 0 Å². The van der Waals surface area contributed by atoms with Crippen LogP contribution < -0.4 is 10.6 Å². The largest absolute Gasteiger partial charge is 0.359 e. The highest BCUT2D eigenvalue weighted by molar-refractivity contribution is 5.80. The molecule has 1 amide bonds. The minimum absolute atomic E-state index is 0.0646. The molecule has 0 bridgehead atoms. The van der Waals surface area contributed by atoms with Gasteiger partial charge in [-0.1, -0.05) is 0 Å². The molecule has 7 nitrogen and oxygen atoms in total. The topological polar surface area (TPSA) is 74.5 Å². The maximum absolute atomic E-state index is 12.8. The summed E-state index contributed by atoms with van der Waals surface area (Å²) in [6.45, 7) is -0.857. The Morgan fingerprint density at radius 3 is 2.75 bits per heavy atom. The highest BCUT2D eigenvalue weighted by atomic mass is 19.3. The van der Waals surface area contributed by atoms with Crippen molar-refractivity contribution < 1.29 is 13.6 Å². The third kappa shape index (κ3) is 4.65. The van der Waals surface area contributed by atoms with Gasteiger partial charge in [0.1, 0.15) is 5.82 Å². The molecule has 2 N–H and O–H groups in total. The Bertz CT molecular complexity index is 566. The highest BCUT2D eigenvalue weighted by Gasteiger charge is 2.23. The quantitative estimate of drug-likeness (QED) is 0.623. The number of imidazole rings is 1. The lowest BCUT2D eigenvalue weighted by Gasteiger charge is -2.34. The van der Waals surface area contributed by atoms with Crippen LogP contribution in [-0.2, 0) is 11.3 Å². The molecule has 0 spiro atoms. The molecule has 0 radical (unpaired) electrons. The summed E-state index contributed by atoms with van der Waals surface area (Å²) in [5.41, 5.74) is 0. The summed E-state index contributed by atoms with van der Waals surface area (Å²) in [6.07, 6.45) is 4.96. The normalized spacial score (nSPS) is 16.5. The smallest absolute Gasteiger partial charge is 0.319 e. The molecule has 9 heteroatoms. The van der Waals surface area contributed by atoms with E-state index in [1.54, 1.807) is 14.1 Å². The van der Waals surface area contributed by atoms with Gasteiger partial charge in [0, 0.05) is 46.0 Å². The molecule has 0 unspecified atom stereocenters. The van der Waals surface area contributed by atoms with Gasteiger partial charge in [-0.25, -0.2) is 4.98 Å². The van der Waals surface area contributed by atoms with Gasteiger partial charge in [0.2, 0.25) is 5.91 Å². The lowest BCUT2D eigenvalue weighted by molar-refractivity contribution is -0.121. The summed E-state index contributed by atoms with van der Waals surface area (Å²) in [5, 5.41) is 5.73. The minimum atomic E-state index is -2.60. The Morgan fingerprint density at radius 2 is 2.17 bits per heavy atom. The van der Waals surface area contributed by atoms with Gasteiger partial charge >= 0.3 is 6.55 Å². The number of hydrogen-bond acceptors (Lipinski definition) is 3. The molecule has 1 fully saturated rings. The van der Waals surface area contributed by atoms with Crippen LogP contribution in [0.2, 0.25) is 0 Å². The van der Waals surface area contributed by atoms with Crippen molar-refractivity contribution in [2.45, 2.75) is 32.4 Å².